The average Bonchev–Trinajstić information content (AvgIpc) is 2.21. The van der Waals surface area contributed by atoms with Crippen LogP contribution in [0.15, 0.2) is 18.2 Å². The lowest BCUT2D eigenvalue weighted by Crippen LogP contribution is -2.31. The number of hydrogen-bond donors (Lipinski definition) is 2. The molecule has 0 aliphatic heterocycles. The van der Waals surface area contributed by atoms with Crippen LogP contribution in [0.25, 0.3) is 0 Å². The lowest BCUT2D eigenvalue weighted by atomic mass is 10.0. The molecule has 0 saturated heterocycles. The van der Waals surface area contributed by atoms with Gasteiger partial charge in [0.05, 0.1) is 0 Å². The van der Waals surface area contributed by atoms with E-state index in [0.717, 1.165) is 25.1 Å². The topological polar surface area (TPSA) is 64.3 Å². The fourth-order valence-electron chi connectivity index (χ4n) is 2.15. The third-order valence-electron chi connectivity index (χ3n) is 2.88. The third-order valence-corrected chi connectivity index (χ3v) is 2.88. The van der Waals surface area contributed by atoms with E-state index in [0.29, 0.717) is 0 Å². The first-order valence-electron chi connectivity index (χ1n) is 6.59. The number of carbonyl (C=O) groups excluding carboxylic acids is 1. The predicted octanol–water partition coefficient (Wildman–Crippen LogP) is 3.37. The number of benzene rings is 1. The molecular formula is C15H24N2O2. The SMILES string of the molecule is Cc1cc(C)cc(NCCCC(C)(C)OC(N)=O)c1. The maximum Gasteiger partial charge on any atom is 0.405 e. The van der Waals surface area contributed by atoms with Crippen LogP contribution in [0.4, 0.5) is 10.5 Å². The molecule has 1 rings (SSSR count). The molecule has 0 fully saturated rings. The Kier molecular flexibility index (Phi) is 5.21. The molecule has 1 amide bonds. The Hall–Kier alpha value is -1.71. The standard InChI is InChI=1S/C15H24N2O2/c1-11-8-12(2)10-13(9-11)17-7-5-6-15(3,4)19-14(16)18/h8-10,17H,5-7H2,1-4H3,(H2,16,18). The number of nitrogens with one attached hydrogen (secondary N) is 1. The van der Waals surface area contributed by atoms with Crippen molar-refractivity contribution >= 4 is 11.8 Å². The summed E-state index contributed by atoms with van der Waals surface area (Å²) in [6, 6.07) is 6.39. The second-order valence-corrected chi connectivity index (χ2v) is 5.59. The van der Waals surface area contributed by atoms with Gasteiger partial charge in [-0.2, -0.15) is 0 Å². The number of aryl methyl sites for hydroxylation is 2. The largest absolute Gasteiger partial charge is 0.444 e. The molecule has 4 heteroatoms. The van der Waals surface area contributed by atoms with E-state index >= 15 is 0 Å². The highest BCUT2D eigenvalue weighted by atomic mass is 16.6. The van der Waals surface area contributed by atoms with Crippen LogP contribution in [0.2, 0.25) is 0 Å². The fourth-order valence-corrected chi connectivity index (χ4v) is 2.15. The van der Waals surface area contributed by atoms with Crippen LogP contribution < -0.4 is 11.1 Å². The van der Waals surface area contributed by atoms with E-state index in [-0.39, 0.29) is 0 Å². The number of rotatable bonds is 6. The Bertz CT molecular complexity index is 422. The van der Waals surface area contributed by atoms with Gasteiger partial charge < -0.3 is 15.8 Å². The zero-order valence-corrected chi connectivity index (χ0v) is 12.2. The van der Waals surface area contributed by atoms with Crippen LogP contribution in [0, 0.1) is 13.8 Å². The van der Waals surface area contributed by atoms with Gasteiger partial charge in [-0.05, 0) is 63.8 Å². The number of ether oxygens (including phenoxy) is 1. The summed E-state index contributed by atoms with van der Waals surface area (Å²) < 4.78 is 5.04. The zero-order valence-electron chi connectivity index (χ0n) is 12.2. The molecule has 4 nitrogen and oxygen atoms in total. The minimum atomic E-state index is -0.715. The minimum Gasteiger partial charge on any atom is -0.444 e. The second kappa shape index (κ2) is 6.45. The van der Waals surface area contributed by atoms with Crippen molar-refractivity contribution in [3.05, 3.63) is 29.3 Å². The molecule has 1 aromatic carbocycles. The first-order valence-corrected chi connectivity index (χ1v) is 6.59. The summed E-state index contributed by atoms with van der Waals surface area (Å²) in [5.41, 5.74) is 8.16. The third kappa shape index (κ3) is 6.13. The molecule has 0 unspecified atom stereocenters. The van der Waals surface area contributed by atoms with Crippen molar-refractivity contribution in [3.8, 4) is 0 Å². The van der Waals surface area contributed by atoms with E-state index < -0.39 is 11.7 Å². The molecule has 0 radical (unpaired) electrons. The smallest absolute Gasteiger partial charge is 0.405 e. The van der Waals surface area contributed by atoms with Gasteiger partial charge in [0, 0.05) is 12.2 Å². The molecule has 0 heterocycles. The molecule has 0 aliphatic rings. The molecule has 0 aliphatic carbocycles. The normalized spacial score (nSPS) is 11.2. The van der Waals surface area contributed by atoms with Gasteiger partial charge in [0.2, 0.25) is 0 Å². The first-order chi connectivity index (χ1) is 8.78. The van der Waals surface area contributed by atoms with Crippen molar-refractivity contribution in [2.45, 2.75) is 46.1 Å². The van der Waals surface area contributed by atoms with Gasteiger partial charge in [-0.25, -0.2) is 4.79 Å². The van der Waals surface area contributed by atoms with Gasteiger partial charge in [0.1, 0.15) is 5.60 Å². The number of amides is 1. The molecule has 0 spiro atoms. The number of carbonyl (C=O) groups is 1. The summed E-state index contributed by atoms with van der Waals surface area (Å²) >= 11 is 0. The van der Waals surface area contributed by atoms with Gasteiger partial charge in [0.15, 0.2) is 0 Å². The molecule has 106 valence electrons. The summed E-state index contributed by atoms with van der Waals surface area (Å²) in [5, 5.41) is 3.38. The summed E-state index contributed by atoms with van der Waals surface area (Å²) in [5.74, 6) is 0. The quantitative estimate of drug-likeness (QED) is 0.774. The Balaban J connectivity index is 2.36. The number of hydrogen-bond acceptors (Lipinski definition) is 3. The van der Waals surface area contributed by atoms with Gasteiger partial charge >= 0.3 is 6.09 Å². The maximum atomic E-state index is 10.7. The molecule has 19 heavy (non-hydrogen) atoms. The van der Waals surface area contributed by atoms with Gasteiger partial charge in [-0.1, -0.05) is 6.07 Å². The summed E-state index contributed by atoms with van der Waals surface area (Å²) in [4.78, 5) is 10.7. The van der Waals surface area contributed by atoms with Crippen molar-refractivity contribution in [2.24, 2.45) is 5.73 Å². The monoisotopic (exact) mass is 264 g/mol. The number of nitrogens with two attached hydrogens (primary N) is 1. The molecule has 0 saturated carbocycles. The summed E-state index contributed by atoms with van der Waals surface area (Å²) in [7, 11) is 0. The highest BCUT2D eigenvalue weighted by Gasteiger charge is 2.20. The fraction of sp³-hybridized carbons (Fsp3) is 0.533. The Morgan fingerprint density at radius 3 is 2.37 bits per heavy atom. The number of anilines is 1. The van der Waals surface area contributed by atoms with Gasteiger partial charge in [0.25, 0.3) is 0 Å². The van der Waals surface area contributed by atoms with E-state index in [4.69, 9.17) is 10.5 Å². The van der Waals surface area contributed by atoms with Crippen molar-refractivity contribution in [1.29, 1.82) is 0 Å². The first kappa shape index (κ1) is 15.3. The highest BCUT2D eigenvalue weighted by molar-refractivity contribution is 5.65. The molecule has 3 N–H and O–H groups in total. The lowest BCUT2D eigenvalue weighted by molar-refractivity contribution is 0.0384. The van der Waals surface area contributed by atoms with Crippen molar-refractivity contribution in [2.75, 3.05) is 11.9 Å². The summed E-state index contributed by atoms with van der Waals surface area (Å²) in [6.07, 6.45) is 0.966. The van der Waals surface area contributed by atoms with Crippen LogP contribution >= 0.6 is 0 Å². The lowest BCUT2D eigenvalue weighted by Gasteiger charge is -2.23. The molecular weight excluding hydrogens is 240 g/mol. The van der Waals surface area contributed by atoms with Gasteiger partial charge in [-0.15, -0.1) is 0 Å². The molecule has 0 atom stereocenters. The molecule has 1 aromatic rings. The van der Waals surface area contributed by atoms with E-state index in [1.165, 1.54) is 11.1 Å². The van der Waals surface area contributed by atoms with E-state index in [1.54, 1.807) is 0 Å². The van der Waals surface area contributed by atoms with Crippen molar-refractivity contribution < 1.29 is 9.53 Å². The predicted molar refractivity (Wildman–Crippen MR) is 78.4 cm³/mol. The van der Waals surface area contributed by atoms with Crippen LogP contribution in [0.3, 0.4) is 0 Å². The average molecular weight is 264 g/mol. The minimum absolute atomic E-state index is 0.504. The Morgan fingerprint density at radius 1 is 1.26 bits per heavy atom. The van der Waals surface area contributed by atoms with Gasteiger partial charge in [-0.3, -0.25) is 0 Å². The van der Waals surface area contributed by atoms with Crippen LogP contribution in [0.1, 0.15) is 37.8 Å². The van der Waals surface area contributed by atoms with Crippen molar-refractivity contribution in [3.63, 3.8) is 0 Å². The van der Waals surface area contributed by atoms with Crippen molar-refractivity contribution in [1.82, 2.24) is 0 Å². The Morgan fingerprint density at radius 2 is 1.84 bits per heavy atom. The zero-order chi connectivity index (χ0) is 14.5. The molecule has 0 bridgehead atoms. The second-order valence-electron chi connectivity index (χ2n) is 5.59. The Labute approximate surface area is 115 Å². The van der Waals surface area contributed by atoms with E-state index in [2.05, 4.69) is 37.4 Å². The molecule has 0 aromatic heterocycles. The van der Waals surface area contributed by atoms with Crippen LogP contribution in [-0.4, -0.2) is 18.2 Å². The summed E-state index contributed by atoms with van der Waals surface area (Å²) in [6.45, 7) is 8.75. The number of primary amides is 1. The highest BCUT2D eigenvalue weighted by Crippen LogP contribution is 2.18. The van der Waals surface area contributed by atoms with Crippen LogP contribution in [0.5, 0.6) is 0 Å². The van der Waals surface area contributed by atoms with Crippen LogP contribution in [-0.2, 0) is 4.74 Å². The van der Waals surface area contributed by atoms with E-state index in [1.807, 2.05) is 13.8 Å². The maximum absolute atomic E-state index is 10.7. The van der Waals surface area contributed by atoms with E-state index in [9.17, 15) is 4.79 Å².